The van der Waals surface area contributed by atoms with E-state index in [2.05, 4.69) is 0 Å². The summed E-state index contributed by atoms with van der Waals surface area (Å²) >= 11 is 0. The van der Waals surface area contributed by atoms with E-state index in [4.69, 9.17) is 4.74 Å². The average Bonchev–Trinajstić information content (AvgIpc) is 2.55. The lowest BCUT2D eigenvalue weighted by molar-refractivity contribution is -0.136. The Morgan fingerprint density at radius 2 is 1.62 bits per heavy atom. The zero-order chi connectivity index (χ0) is 14.8. The van der Waals surface area contributed by atoms with Crippen molar-refractivity contribution in [2.24, 2.45) is 0 Å². The second kappa shape index (κ2) is 5.54. The zero-order valence-corrected chi connectivity index (χ0v) is 11.7. The molecule has 0 spiro atoms. The van der Waals surface area contributed by atoms with Gasteiger partial charge in [0.1, 0.15) is 0 Å². The SMILES string of the molecule is COC(=O)C1=C[C@H](O)c2ccccc2[C@H]1c1ccccc1. The first-order valence-electron chi connectivity index (χ1n) is 6.84. The molecule has 1 aliphatic carbocycles. The Morgan fingerprint density at radius 3 is 2.29 bits per heavy atom. The summed E-state index contributed by atoms with van der Waals surface area (Å²) in [5.74, 6) is -0.615. The molecule has 3 nitrogen and oxygen atoms in total. The predicted molar refractivity (Wildman–Crippen MR) is 79.8 cm³/mol. The number of rotatable bonds is 2. The van der Waals surface area contributed by atoms with Gasteiger partial charge in [-0.3, -0.25) is 0 Å². The van der Waals surface area contributed by atoms with Crippen LogP contribution in [0.4, 0.5) is 0 Å². The largest absolute Gasteiger partial charge is 0.466 e. The van der Waals surface area contributed by atoms with Crippen LogP contribution in [0.15, 0.2) is 66.2 Å². The van der Waals surface area contributed by atoms with Crippen LogP contribution < -0.4 is 0 Å². The molecule has 2 aromatic carbocycles. The van der Waals surface area contributed by atoms with Gasteiger partial charge in [0.2, 0.25) is 0 Å². The summed E-state index contributed by atoms with van der Waals surface area (Å²) in [6, 6.07) is 17.4. The van der Waals surface area contributed by atoms with E-state index in [1.54, 1.807) is 6.08 Å². The molecule has 0 heterocycles. The maximum absolute atomic E-state index is 12.1. The Hall–Kier alpha value is -2.39. The Kier molecular flexibility index (Phi) is 3.59. The fourth-order valence-electron chi connectivity index (χ4n) is 2.88. The highest BCUT2D eigenvalue weighted by atomic mass is 16.5. The normalized spacial score (nSPS) is 20.4. The number of fused-ring (bicyclic) bond motifs is 1. The van der Waals surface area contributed by atoms with E-state index >= 15 is 0 Å². The number of carbonyl (C=O) groups excluding carboxylic acids is 1. The zero-order valence-electron chi connectivity index (χ0n) is 11.7. The lowest BCUT2D eigenvalue weighted by Crippen LogP contribution is -2.21. The number of carbonyl (C=O) groups is 1. The van der Waals surface area contributed by atoms with Crippen LogP contribution in [0.2, 0.25) is 0 Å². The van der Waals surface area contributed by atoms with Crippen LogP contribution in [0, 0.1) is 0 Å². The van der Waals surface area contributed by atoms with Crippen LogP contribution in [0.25, 0.3) is 0 Å². The minimum Gasteiger partial charge on any atom is -0.466 e. The average molecular weight is 280 g/mol. The molecule has 0 aromatic heterocycles. The summed E-state index contributed by atoms with van der Waals surface area (Å²) in [6.07, 6.45) is 0.807. The summed E-state index contributed by atoms with van der Waals surface area (Å²) in [5, 5.41) is 10.3. The van der Waals surface area contributed by atoms with Gasteiger partial charge in [0, 0.05) is 11.5 Å². The summed E-state index contributed by atoms with van der Waals surface area (Å²) in [4.78, 5) is 12.1. The Labute approximate surface area is 123 Å². The van der Waals surface area contributed by atoms with Crippen molar-refractivity contribution in [3.05, 3.63) is 82.9 Å². The number of hydrogen-bond donors (Lipinski definition) is 1. The Morgan fingerprint density at radius 1 is 1.00 bits per heavy atom. The second-order valence-corrected chi connectivity index (χ2v) is 5.03. The monoisotopic (exact) mass is 280 g/mol. The molecule has 3 heteroatoms. The van der Waals surface area contributed by atoms with Gasteiger partial charge in [0.05, 0.1) is 13.2 Å². The van der Waals surface area contributed by atoms with Crippen molar-refractivity contribution in [1.82, 2.24) is 0 Å². The molecule has 0 radical (unpaired) electrons. The van der Waals surface area contributed by atoms with Crippen molar-refractivity contribution >= 4 is 5.97 Å². The number of aliphatic hydroxyl groups excluding tert-OH is 1. The van der Waals surface area contributed by atoms with Crippen molar-refractivity contribution in [2.75, 3.05) is 7.11 Å². The fraction of sp³-hybridized carbons (Fsp3) is 0.167. The number of aliphatic hydroxyl groups is 1. The molecule has 0 aliphatic heterocycles. The Balaban J connectivity index is 2.19. The highest BCUT2D eigenvalue weighted by Crippen LogP contribution is 2.41. The lowest BCUT2D eigenvalue weighted by atomic mass is 9.77. The molecule has 21 heavy (non-hydrogen) atoms. The van der Waals surface area contributed by atoms with E-state index in [9.17, 15) is 9.90 Å². The van der Waals surface area contributed by atoms with E-state index in [1.165, 1.54) is 7.11 Å². The van der Waals surface area contributed by atoms with Crippen LogP contribution in [0.1, 0.15) is 28.7 Å². The number of methoxy groups -OCH3 is 1. The van der Waals surface area contributed by atoms with Gasteiger partial charge in [-0.05, 0) is 22.8 Å². The first kappa shape index (κ1) is 13.6. The van der Waals surface area contributed by atoms with Gasteiger partial charge in [-0.15, -0.1) is 0 Å². The molecule has 0 unspecified atom stereocenters. The molecular formula is C18H16O3. The van der Waals surface area contributed by atoms with E-state index < -0.39 is 12.1 Å². The molecule has 106 valence electrons. The number of hydrogen-bond acceptors (Lipinski definition) is 3. The molecule has 2 aromatic rings. The van der Waals surface area contributed by atoms with Crippen LogP contribution >= 0.6 is 0 Å². The highest BCUT2D eigenvalue weighted by Gasteiger charge is 2.32. The fourth-order valence-corrected chi connectivity index (χ4v) is 2.88. The van der Waals surface area contributed by atoms with Crippen molar-refractivity contribution in [1.29, 1.82) is 0 Å². The van der Waals surface area contributed by atoms with Crippen LogP contribution in [0.5, 0.6) is 0 Å². The van der Waals surface area contributed by atoms with E-state index in [0.29, 0.717) is 5.57 Å². The standard InChI is InChI=1S/C18H16O3/c1-21-18(20)15-11-16(19)13-9-5-6-10-14(13)17(15)12-7-3-2-4-8-12/h2-11,16-17,19H,1H3/t16-,17+/m0/s1. The summed E-state index contributed by atoms with van der Waals surface area (Å²) in [5.41, 5.74) is 3.27. The lowest BCUT2D eigenvalue weighted by Gasteiger charge is -2.28. The van der Waals surface area contributed by atoms with Gasteiger partial charge in [0.15, 0.2) is 0 Å². The van der Waals surface area contributed by atoms with Crippen molar-refractivity contribution in [3.63, 3.8) is 0 Å². The van der Waals surface area contributed by atoms with Crippen molar-refractivity contribution in [3.8, 4) is 0 Å². The number of benzene rings is 2. The van der Waals surface area contributed by atoms with Crippen LogP contribution in [0.3, 0.4) is 0 Å². The van der Waals surface area contributed by atoms with Gasteiger partial charge in [-0.1, -0.05) is 54.6 Å². The molecule has 3 rings (SSSR count). The van der Waals surface area contributed by atoms with Gasteiger partial charge < -0.3 is 9.84 Å². The topological polar surface area (TPSA) is 46.5 Å². The third-order valence-corrected chi connectivity index (χ3v) is 3.83. The maximum Gasteiger partial charge on any atom is 0.334 e. The number of ether oxygens (including phenoxy) is 1. The van der Waals surface area contributed by atoms with Crippen LogP contribution in [-0.2, 0) is 9.53 Å². The highest BCUT2D eigenvalue weighted by molar-refractivity contribution is 5.92. The van der Waals surface area contributed by atoms with Gasteiger partial charge >= 0.3 is 5.97 Å². The summed E-state index contributed by atoms with van der Waals surface area (Å²) in [7, 11) is 1.36. The van der Waals surface area contributed by atoms with Crippen molar-refractivity contribution < 1.29 is 14.6 Å². The summed E-state index contributed by atoms with van der Waals surface area (Å²) < 4.78 is 4.89. The van der Waals surface area contributed by atoms with E-state index in [1.807, 2.05) is 54.6 Å². The third-order valence-electron chi connectivity index (χ3n) is 3.83. The molecule has 0 fully saturated rings. The molecule has 1 N–H and O–H groups in total. The molecule has 1 aliphatic rings. The third kappa shape index (κ3) is 2.36. The summed E-state index contributed by atoms with van der Waals surface area (Å²) in [6.45, 7) is 0. The van der Waals surface area contributed by atoms with Gasteiger partial charge in [-0.25, -0.2) is 4.79 Å². The molecular weight excluding hydrogens is 264 g/mol. The Bertz CT molecular complexity index is 689. The second-order valence-electron chi connectivity index (χ2n) is 5.03. The molecule has 2 atom stereocenters. The van der Waals surface area contributed by atoms with E-state index in [0.717, 1.165) is 16.7 Å². The molecule has 0 saturated carbocycles. The maximum atomic E-state index is 12.1. The first-order valence-corrected chi connectivity index (χ1v) is 6.84. The van der Waals surface area contributed by atoms with Gasteiger partial charge in [-0.2, -0.15) is 0 Å². The predicted octanol–water partition coefficient (Wildman–Crippen LogP) is 2.96. The van der Waals surface area contributed by atoms with Crippen molar-refractivity contribution in [2.45, 2.75) is 12.0 Å². The quantitative estimate of drug-likeness (QED) is 0.860. The van der Waals surface area contributed by atoms with Crippen LogP contribution in [-0.4, -0.2) is 18.2 Å². The minimum absolute atomic E-state index is 0.210. The molecule has 0 amide bonds. The molecule has 0 bridgehead atoms. The minimum atomic E-state index is -0.782. The number of esters is 1. The smallest absolute Gasteiger partial charge is 0.334 e. The van der Waals surface area contributed by atoms with E-state index in [-0.39, 0.29) is 5.92 Å². The first-order chi connectivity index (χ1) is 10.2. The van der Waals surface area contributed by atoms with Gasteiger partial charge in [0.25, 0.3) is 0 Å². The molecule has 0 saturated heterocycles.